The molecule has 1 atom stereocenters. The van der Waals surface area contributed by atoms with Gasteiger partial charge in [0.25, 0.3) is 0 Å². The van der Waals surface area contributed by atoms with E-state index in [0.717, 1.165) is 5.56 Å². The fourth-order valence-electron chi connectivity index (χ4n) is 1.13. The van der Waals surface area contributed by atoms with Crippen LogP contribution in [0.25, 0.3) is 0 Å². The minimum Gasteiger partial charge on any atom is -0.384 e. The van der Waals surface area contributed by atoms with Crippen molar-refractivity contribution < 1.29 is 9.30 Å². The Morgan fingerprint density at radius 2 is 2.00 bits per heavy atom. The number of hydrogen-bond donors (Lipinski definition) is 0. The molecule has 0 aliphatic heterocycles. The van der Waals surface area contributed by atoms with Crippen molar-refractivity contribution in [2.75, 3.05) is 19.9 Å². The molecule has 13 heavy (non-hydrogen) atoms. The van der Waals surface area contributed by atoms with Gasteiger partial charge in [-0.05, 0) is 5.56 Å². The predicted octanol–water partition coefficient (Wildman–Crippen LogP) is 2.39. The third kappa shape index (κ3) is 4.25. The zero-order chi connectivity index (χ0) is 9.52. The van der Waals surface area contributed by atoms with Crippen LogP contribution in [0.15, 0.2) is 30.3 Å². The van der Waals surface area contributed by atoms with Gasteiger partial charge in [0.1, 0.15) is 0 Å². The molecular weight excluding hydrogens is 183 g/mol. The highest BCUT2D eigenvalue weighted by Crippen LogP contribution is 2.25. The molecule has 0 aromatic heterocycles. The quantitative estimate of drug-likeness (QED) is 0.679. The number of rotatable bonds is 5. The summed E-state index contributed by atoms with van der Waals surface area (Å²) < 4.78 is 16.4. The number of hydrogen-bond acceptors (Lipinski definition) is 2. The molecule has 0 radical (unpaired) electrons. The maximum absolute atomic E-state index is 11.5. The van der Waals surface area contributed by atoms with Crippen molar-refractivity contribution in [2.24, 2.45) is 0 Å². The number of ether oxygens (including phenoxy) is 1. The van der Waals surface area contributed by atoms with Crippen molar-refractivity contribution in [1.82, 2.24) is 0 Å². The van der Waals surface area contributed by atoms with Crippen LogP contribution < -0.4 is 0 Å². The highest BCUT2D eigenvalue weighted by atomic mass is 31.1. The normalized spacial score (nSPS) is 12.7. The summed E-state index contributed by atoms with van der Waals surface area (Å²) in [6, 6.07) is 9.93. The van der Waals surface area contributed by atoms with Crippen molar-refractivity contribution >= 4 is 7.80 Å². The second kappa shape index (κ2) is 5.95. The Bertz CT molecular complexity index is 259. The van der Waals surface area contributed by atoms with Gasteiger partial charge in [-0.2, -0.15) is 0 Å². The molecule has 72 valence electrons. The minimum atomic E-state index is -1.48. The van der Waals surface area contributed by atoms with Crippen LogP contribution in [0.1, 0.15) is 5.56 Å². The lowest BCUT2D eigenvalue weighted by atomic mass is 10.2. The molecule has 0 saturated carbocycles. The lowest BCUT2D eigenvalue weighted by molar-refractivity contribution is 0.217. The van der Waals surface area contributed by atoms with Crippen LogP contribution in [-0.2, 0) is 15.5 Å². The van der Waals surface area contributed by atoms with Gasteiger partial charge in [0, 0.05) is 19.4 Å². The van der Waals surface area contributed by atoms with E-state index in [1.54, 1.807) is 7.11 Å². The monoisotopic (exact) mass is 198 g/mol. The highest BCUT2D eigenvalue weighted by Gasteiger charge is 2.00. The summed E-state index contributed by atoms with van der Waals surface area (Å²) in [7, 11) is 0.157. The van der Waals surface area contributed by atoms with E-state index in [1.807, 2.05) is 30.3 Å². The summed E-state index contributed by atoms with van der Waals surface area (Å²) in [5.74, 6) is 0. The van der Waals surface area contributed by atoms with Gasteiger partial charge in [0.05, 0.1) is 14.4 Å². The molecule has 3 heteroatoms. The molecule has 1 rings (SSSR count). The molecule has 0 aliphatic rings. The first-order valence-corrected chi connectivity index (χ1v) is 6.19. The molecular formula is C10H15O2P. The van der Waals surface area contributed by atoms with E-state index in [0.29, 0.717) is 18.9 Å². The fraction of sp³-hybridized carbons (Fsp3) is 0.400. The van der Waals surface area contributed by atoms with Crippen LogP contribution >= 0.6 is 7.80 Å². The van der Waals surface area contributed by atoms with Gasteiger partial charge in [-0.25, -0.2) is 0 Å². The molecule has 0 aliphatic carbocycles. The van der Waals surface area contributed by atoms with Crippen LogP contribution in [0.3, 0.4) is 0 Å². The summed E-state index contributed by atoms with van der Waals surface area (Å²) in [4.78, 5) is 0. The van der Waals surface area contributed by atoms with E-state index < -0.39 is 7.80 Å². The van der Waals surface area contributed by atoms with E-state index in [4.69, 9.17) is 4.74 Å². The zero-order valence-corrected chi connectivity index (χ0v) is 8.82. The van der Waals surface area contributed by atoms with Crippen molar-refractivity contribution in [3.8, 4) is 0 Å². The molecule has 0 spiro atoms. The summed E-state index contributed by atoms with van der Waals surface area (Å²) in [5.41, 5.74) is 1.16. The van der Waals surface area contributed by atoms with Crippen LogP contribution in [0.5, 0.6) is 0 Å². The Morgan fingerprint density at radius 1 is 1.31 bits per heavy atom. The Hall–Kier alpha value is -0.590. The van der Waals surface area contributed by atoms with Gasteiger partial charge in [-0.15, -0.1) is 0 Å². The van der Waals surface area contributed by atoms with Gasteiger partial charge in [-0.1, -0.05) is 30.3 Å². The van der Waals surface area contributed by atoms with Gasteiger partial charge in [0.15, 0.2) is 0 Å². The largest absolute Gasteiger partial charge is 0.384 e. The second-order valence-electron chi connectivity index (χ2n) is 2.94. The van der Waals surface area contributed by atoms with E-state index >= 15 is 0 Å². The van der Waals surface area contributed by atoms with E-state index in [-0.39, 0.29) is 0 Å². The Balaban J connectivity index is 2.37. The topological polar surface area (TPSA) is 26.3 Å². The molecule has 0 bridgehead atoms. The van der Waals surface area contributed by atoms with E-state index in [2.05, 4.69) is 0 Å². The molecule has 1 unspecified atom stereocenters. The maximum Gasteiger partial charge on any atom is 0.0826 e. The van der Waals surface area contributed by atoms with Crippen molar-refractivity contribution in [3.63, 3.8) is 0 Å². The van der Waals surface area contributed by atoms with Gasteiger partial charge in [-0.3, -0.25) is 0 Å². The average Bonchev–Trinajstić information content (AvgIpc) is 2.16. The first-order valence-electron chi connectivity index (χ1n) is 4.37. The molecule has 0 heterocycles. The van der Waals surface area contributed by atoms with Crippen molar-refractivity contribution in [1.29, 1.82) is 0 Å². The third-order valence-corrected chi connectivity index (χ3v) is 3.39. The Kier molecular flexibility index (Phi) is 4.81. The Morgan fingerprint density at radius 3 is 2.62 bits per heavy atom. The van der Waals surface area contributed by atoms with Gasteiger partial charge >= 0.3 is 0 Å². The van der Waals surface area contributed by atoms with Crippen LogP contribution in [0.2, 0.25) is 0 Å². The predicted molar refractivity (Wildman–Crippen MR) is 55.9 cm³/mol. The summed E-state index contributed by atoms with van der Waals surface area (Å²) in [6.45, 7) is 0.602. The van der Waals surface area contributed by atoms with Crippen LogP contribution in [0, 0.1) is 0 Å². The summed E-state index contributed by atoms with van der Waals surface area (Å²) >= 11 is 0. The van der Waals surface area contributed by atoms with E-state index in [1.165, 1.54) is 0 Å². The van der Waals surface area contributed by atoms with Crippen LogP contribution in [-0.4, -0.2) is 19.9 Å². The number of methoxy groups -OCH3 is 1. The fourth-order valence-corrected chi connectivity index (χ4v) is 2.43. The molecule has 1 aromatic carbocycles. The standard InChI is InChI=1S/C10H15O2P/c1-12-7-8-13(11)9-10-5-3-2-4-6-10/h2-6,13H,7-9H2,1H3. The minimum absolute atomic E-state index is 0.602. The van der Waals surface area contributed by atoms with Gasteiger partial charge < -0.3 is 9.30 Å². The van der Waals surface area contributed by atoms with Gasteiger partial charge in [0.2, 0.25) is 0 Å². The maximum atomic E-state index is 11.5. The molecule has 0 fully saturated rings. The summed E-state index contributed by atoms with van der Waals surface area (Å²) in [6.07, 6.45) is 1.39. The molecule has 0 N–H and O–H groups in total. The first kappa shape index (κ1) is 10.5. The van der Waals surface area contributed by atoms with Crippen molar-refractivity contribution in [3.05, 3.63) is 35.9 Å². The number of benzene rings is 1. The third-order valence-electron chi connectivity index (χ3n) is 1.83. The molecule has 0 amide bonds. The van der Waals surface area contributed by atoms with Crippen LogP contribution in [0.4, 0.5) is 0 Å². The lowest BCUT2D eigenvalue weighted by Gasteiger charge is -2.01. The molecule has 0 saturated heterocycles. The van der Waals surface area contributed by atoms with E-state index in [9.17, 15) is 4.57 Å². The average molecular weight is 198 g/mol. The second-order valence-corrected chi connectivity index (χ2v) is 4.87. The first-order chi connectivity index (χ1) is 6.33. The highest BCUT2D eigenvalue weighted by molar-refractivity contribution is 7.43. The smallest absolute Gasteiger partial charge is 0.0826 e. The lowest BCUT2D eigenvalue weighted by Crippen LogP contribution is -1.92. The zero-order valence-electron chi connectivity index (χ0n) is 7.82. The molecule has 2 nitrogen and oxygen atoms in total. The SMILES string of the molecule is COCC[PH](=O)Cc1ccccc1. The summed E-state index contributed by atoms with van der Waals surface area (Å²) in [5, 5.41) is 0. The molecule has 1 aromatic rings. The Labute approximate surface area is 79.7 Å². The van der Waals surface area contributed by atoms with Crippen molar-refractivity contribution in [2.45, 2.75) is 6.16 Å².